The molecule has 2 rings (SSSR count). The summed E-state index contributed by atoms with van der Waals surface area (Å²) in [6, 6.07) is 7.73. The second kappa shape index (κ2) is 13.1. The molecule has 1 atom stereocenters. The number of hydrogen-bond acceptors (Lipinski definition) is 4. The standard InChI is InChI=1S/C14H18O4.C12H14O4/c1-3-6-9(4-2)10-7-5-8-11(13(15)16)12(10)14(17)18;1-3-7-5-6-9(11(13)14)10(12(15)16)8(7)4-2/h5,7-9H,3-4,6H2,1-2H3,(H,15,16)(H,17,18);5-6H,3-4H2,1-2H3,(H,13,14)(H,15,16). The van der Waals surface area contributed by atoms with Crippen LogP contribution in [0, 0.1) is 0 Å². The first kappa shape index (κ1) is 28.4. The van der Waals surface area contributed by atoms with Gasteiger partial charge < -0.3 is 20.4 Å². The van der Waals surface area contributed by atoms with E-state index in [0.29, 0.717) is 24.0 Å². The zero-order valence-electron chi connectivity index (χ0n) is 19.9. The molecule has 0 fully saturated rings. The van der Waals surface area contributed by atoms with Crippen molar-refractivity contribution in [3.05, 3.63) is 69.3 Å². The van der Waals surface area contributed by atoms with Crippen LogP contribution in [0.3, 0.4) is 0 Å². The van der Waals surface area contributed by atoms with Crippen LogP contribution in [0.15, 0.2) is 30.3 Å². The van der Waals surface area contributed by atoms with Crippen molar-refractivity contribution >= 4 is 23.9 Å². The summed E-state index contributed by atoms with van der Waals surface area (Å²) in [6.45, 7) is 7.76. The van der Waals surface area contributed by atoms with Crippen molar-refractivity contribution in [3.8, 4) is 0 Å². The van der Waals surface area contributed by atoms with Gasteiger partial charge in [-0.15, -0.1) is 0 Å². The lowest BCUT2D eigenvalue weighted by Crippen LogP contribution is -2.13. The lowest BCUT2D eigenvalue weighted by atomic mass is 9.86. The van der Waals surface area contributed by atoms with Crippen LogP contribution in [0.1, 0.15) is 111 Å². The molecule has 0 amide bonds. The molecule has 4 N–H and O–H groups in total. The highest BCUT2D eigenvalue weighted by Gasteiger charge is 2.23. The van der Waals surface area contributed by atoms with Crippen molar-refractivity contribution in [1.82, 2.24) is 0 Å². The number of benzene rings is 2. The molecule has 1 unspecified atom stereocenters. The van der Waals surface area contributed by atoms with Crippen LogP contribution in [-0.2, 0) is 12.8 Å². The summed E-state index contributed by atoms with van der Waals surface area (Å²) in [5.41, 5.74) is 1.74. The molecule has 8 heteroatoms. The topological polar surface area (TPSA) is 149 Å². The maximum Gasteiger partial charge on any atom is 0.336 e. The Kier molecular flexibility index (Phi) is 10.9. The third-order valence-corrected chi connectivity index (χ3v) is 5.70. The Morgan fingerprint density at radius 2 is 1.26 bits per heavy atom. The number of aromatic carboxylic acids is 4. The van der Waals surface area contributed by atoms with Gasteiger partial charge in [0.25, 0.3) is 0 Å². The van der Waals surface area contributed by atoms with Crippen molar-refractivity contribution in [2.24, 2.45) is 0 Å². The molecule has 2 aromatic carbocycles. The average molecular weight is 473 g/mol. The van der Waals surface area contributed by atoms with Gasteiger partial charge in [0, 0.05) is 0 Å². The highest BCUT2D eigenvalue weighted by atomic mass is 16.4. The van der Waals surface area contributed by atoms with Gasteiger partial charge in [-0.1, -0.05) is 52.3 Å². The van der Waals surface area contributed by atoms with Gasteiger partial charge in [0.1, 0.15) is 0 Å². The van der Waals surface area contributed by atoms with Crippen LogP contribution in [0.4, 0.5) is 0 Å². The molecule has 0 saturated carbocycles. The largest absolute Gasteiger partial charge is 0.478 e. The molecule has 0 bridgehead atoms. The number of aryl methyl sites for hydroxylation is 1. The van der Waals surface area contributed by atoms with Crippen LogP contribution in [0.2, 0.25) is 0 Å². The molecule has 0 aliphatic heterocycles. The first-order chi connectivity index (χ1) is 16.0. The van der Waals surface area contributed by atoms with Crippen LogP contribution in [-0.4, -0.2) is 44.3 Å². The van der Waals surface area contributed by atoms with E-state index in [1.54, 1.807) is 18.2 Å². The molecule has 184 valence electrons. The minimum absolute atomic E-state index is 0.0645. The average Bonchev–Trinajstić information content (AvgIpc) is 2.80. The van der Waals surface area contributed by atoms with E-state index in [9.17, 15) is 24.3 Å². The van der Waals surface area contributed by atoms with E-state index in [-0.39, 0.29) is 28.2 Å². The van der Waals surface area contributed by atoms with Crippen LogP contribution >= 0.6 is 0 Å². The van der Waals surface area contributed by atoms with E-state index in [2.05, 4.69) is 0 Å². The quantitative estimate of drug-likeness (QED) is 0.350. The summed E-state index contributed by atoms with van der Waals surface area (Å²) in [7, 11) is 0. The molecule has 0 aliphatic carbocycles. The molecular weight excluding hydrogens is 440 g/mol. The Labute approximate surface area is 198 Å². The summed E-state index contributed by atoms with van der Waals surface area (Å²) < 4.78 is 0. The highest BCUT2D eigenvalue weighted by Crippen LogP contribution is 2.29. The van der Waals surface area contributed by atoms with Gasteiger partial charge in [-0.3, -0.25) is 0 Å². The normalized spacial score (nSPS) is 11.2. The van der Waals surface area contributed by atoms with Crippen molar-refractivity contribution in [1.29, 1.82) is 0 Å². The fourth-order valence-corrected chi connectivity index (χ4v) is 4.10. The number of hydrogen-bond donors (Lipinski definition) is 4. The van der Waals surface area contributed by atoms with Crippen LogP contribution in [0.25, 0.3) is 0 Å². The Hall–Kier alpha value is -3.68. The molecule has 0 heterocycles. The van der Waals surface area contributed by atoms with Gasteiger partial charge in [0.05, 0.1) is 22.3 Å². The van der Waals surface area contributed by atoms with E-state index in [1.165, 1.54) is 12.1 Å². The van der Waals surface area contributed by atoms with Crippen molar-refractivity contribution in [3.63, 3.8) is 0 Å². The predicted molar refractivity (Wildman–Crippen MR) is 127 cm³/mol. The fourth-order valence-electron chi connectivity index (χ4n) is 4.10. The van der Waals surface area contributed by atoms with E-state index >= 15 is 0 Å². The molecule has 0 aliphatic rings. The van der Waals surface area contributed by atoms with Gasteiger partial charge in [0.2, 0.25) is 0 Å². The second-order valence-corrected chi connectivity index (χ2v) is 7.72. The molecule has 8 nitrogen and oxygen atoms in total. The Balaban J connectivity index is 0.000000342. The van der Waals surface area contributed by atoms with Gasteiger partial charge in [-0.2, -0.15) is 0 Å². The third-order valence-electron chi connectivity index (χ3n) is 5.70. The molecule has 0 saturated heterocycles. The van der Waals surface area contributed by atoms with Crippen LogP contribution < -0.4 is 0 Å². The smallest absolute Gasteiger partial charge is 0.336 e. The van der Waals surface area contributed by atoms with Crippen molar-refractivity contribution in [2.45, 2.75) is 65.7 Å². The number of carbonyl (C=O) groups is 4. The Bertz CT molecular complexity index is 1060. The first-order valence-electron chi connectivity index (χ1n) is 11.3. The lowest BCUT2D eigenvalue weighted by Gasteiger charge is -2.18. The minimum Gasteiger partial charge on any atom is -0.478 e. The highest BCUT2D eigenvalue weighted by molar-refractivity contribution is 6.03. The third kappa shape index (κ3) is 6.66. The minimum atomic E-state index is -1.20. The Morgan fingerprint density at radius 3 is 1.68 bits per heavy atom. The Morgan fingerprint density at radius 1 is 0.706 bits per heavy atom. The van der Waals surface area contributed by atoms with Crippen molar-refractivity contribution < 1.29 is 39.6 Å². The molecule has 0 aromatic heterocycles. The summed E-state index contributed by atoms with van der Waals surface area (Å²) in [5, 5.41) is 36.3. The zero-order chi connectivity index (χ0) is 26.0. The van der Waals surface area contributed by atoms with E-state index in [4.69, 9.17) is 15.3 Å². The molecule has 0 spiro atoms. The van der Waals surface area contributed by atoms with Gasteiger partial charge in [0.15, 0.2) is 0 Å². The predicted octanol–water partition coefficient (Wildman–Crippen LogP) is 5.58. The molecular formula is C26H32O8. The number of carboxylic acid groups (broad SMARTS) is 4. The van der Waals surface area contributed by atoms with E-state index < -0.39 is 23.9 Å². The summed E-state index contributed by atoms with van der Waals surface area (Å²) in [4.78, 5) is 44.4. The van der Waals surface area contributed by atoms with Crippen LogP contribution in [0.5, 0.6) is 0 Å². The summed E-state index contributed by atoms with van der Waals surface area (Å²) in [5.74, 6) is -4.64. The number of carboxylic acids is 4. The molecule has 0 radical (unpaired) electrons. The van der Waals surface area contributed by atoms with Gasteiger partial charge >= 0.3 is 23.9 Å². The van der Waals surface area contributed by atoms with Crippen molar-refractivity contribution in [2.75, 3.05) is 0 Å². The molecule has 34 heavy (non-hydrogen) atoms. The number of rotatable bonds is 10. The van der Waals surface area contributed by atoms with Gasteiger partial charge in [-0.05, 0) is 60.4 Å². The summed E-state index contributed by atoms with van der Waals surface area (Å²) >= 11 is 0. The van der Waals surface area contributed by atoms with Gasteiger partial charge in [-0.25, -0.2) is 19.2 Å². The second-order valence-electron chi connectivity index (χ2n) is 7.72. The zero-order valence-corrected chi connectivity index (χ0v) is 19.9. The molecule has 2 aromatic rings. The lowest BCUT2D eigenvalue weighted by molar-refractivity contribution is 0.0650. The van der Waals surface area contributed by atoms with E-state index in [0.717, 1.165) is 24.8 Å². The van der Waals surface area contributed by atoms with E-state index in [1.807, 2.05) is 27.7 Å². The fraction of sp³-hybridized carbons (Fsp3) is 0.385. The summed E-state index contributed by atoms with van der Waals surface area (Å²) in [6.07, 6.45) is 3.82. The maximum atomic E-state index is 11.3. The monoisotopic (exact) mass is 472 g/mol. The first-order valence-corrected chi connectivity index (χ1v) is 11.3. The maximum absolute atomic E-state index is 11.3. The SMILES string of the molecule is CCCC(CC)c1cccc(C(=O)O)c1C(=O)O.CCc1ccc(C(=O)O)c(C(=O)O)c1CC.